The van der Waals surface area contributed by atoms with Crippen molar-refractivity contribution < 1.29 is 9.47 Å². The summed E-state index contributed by atoms with van der Waals surface area (Å²) in [6, 6.07) is 17.3. The summed E-state index contributed by atoms with van der Waals surface area (Å²) in [4.78, 5) is 2.03. The van der Waals surface area contributed by atoms with Gasteiger partial charge in [-0.05, 0) is 43.4 Å². The fourth-order valence-electron chi connectivity index (χ4n) is 1.78. The first-order valence-electron chi connectivity index (χ1n) is 6.85. The summed E-state index contributed by atoms with van der Waals surface area (Å²) >= 11 is 0. The van der Waals surface area contributed by atoms with Gasteiger partial charge in [-0.15, -0.1) is 6.42 Å². The molecule has 0 aliphatic rings. The van der Waals surface area contributed by atoms with Gasteiger partial charge in [0.15, 0.2) is 0 Å². The maximum atomic E-state index is 5.72. The van der Waals surface area contributed by atoms with E-state index in [2.05, 4.69) is 5.92 Å². The van der Waals surface area contributed by atoms with E-state index in [4.69, 9.17) is 15.9 Å². The lowest BCUT2D eigenvalue weighted by Crippen LogP contribution is -2.24. The van der Waals surface area contributed by atoms with Crippen LogP contribution < -0.4 is 9.47 Å². The first-order valence-corrected chi connectivity index (χ1v) is 6.85. The van der Waals surface area contributed by atoms with E-state index in [1.807, 2.05) is 66.5 Å². The molecule has 0 aromatic heterocycles. The third-order valence-electron chi connectivity index (χ3n) is 2.91. The lowest BCUT2D eigenvalue weighted by molar-refractivity contribution is 0.251. The smallest absolute Gasteiger partial charge is 0.127 e. The molecule has 21 heavy (non-hydrogen) atoms. The molecule has 0 saturated carbocycles. The number of terminal acetylenes is 1. The Hall–Kier alpha value is -2.44. The monoisotopic (exact) mass is 281 g/mol. The van der Waals surface area contributed by atoms with Crippen LogP contribution in [-0.2, 0) is 0 Å². The SMILES string of the molecule is C#CCN(C)CCOc1ccc(Oc2ccccc2)cc1. The highest BCUT2D eigenvalue weighted by Crippen LogP contribution is 2.23. The number of nitrogens with zero attached hydrogens (tertiary/aromatic N) is 1. The average Bonchev–Trinajstić information content (AvgIpc) is 2.50. The summed E-state index contributed by atoms with van der Waals surface area (Å²) in [5.41, 5.74) is 0. The zero-order valence-electron chi connectivity index (χ0n) is 12.2. The molecule has 0 unspecified atom stereocenters. The van der Waals surface area contributed by atoms with Crippen LogP contribution in [0.15, 0.2) is 54.6 Å². The summed E-state index contributed by atoms with van der Waals surface area (Å²) in [5.74, 6) is 5.04. The molecule has 0 radical (unpaired) electrons. The molecule has 2 aromatic carbocycles. The second kappa shape index (κ2) is 7.98. The minimum Gasteiger partial charge on any atom is -0.492 e. The quantitative estimate of drug-likeness (QED) is 0.726. The minimum atomic E-state index is 0.608. The number of ether oxygens (including phenoxy) is 2. The number of hydrogen-bond donors (Lipinski definition) is 0. The Morgan fingerprint density at radius 3 is 2.24 bits per heavy atom. The van der Waals surface area contributed by atoms with Crippen LogP contribution >= 0.6 is 0 Å². The predicted octanol–water partition coefficient (Wildman–Crippen LogP) is 3.42. The number of rotatable bonds is 7. The third kappa shape index (κ3) is 5.21. The molecule has 0 aliphatic carbocycles. The van der Waals surface area contributed by atoms with Gasteiger partial charge in [-0.25, -0.2) is 0 Å². The number of benzene rings is 2. The second-order valence-corrected chi connectivity index (χ2v) is 4.68. The third-order valence-corrected chi connectivity index (χ3v) is 2.91. The van der Waals surface area contributed by atoms with Gasteiger partial charge in [0.05, 0.1) is 6.54 Å². The van der Waals surface area contributed by atoms with Crippen molar-refractivity contribution >= 4 is 0 Å². The molecule has 0 heterocycles. The Morgan fingerprint density at radius 1 is 0.952 bits per heavy atom. The van der Waals surface area contributed by atoms with Crippen LogP contribution in [0.2, 0.25) is 0 Å². The first-order chi connectivity index (χ1) is 10.3. The highest BCUT2D eigenvalue weighted by Gasteiger charge is 1.99. The molecule has 0 amide bonds. The van der Waals surface area contributed by atoms with Gasteiger partial charge >= 0.3 is 0 Å². The Bertz CT molecular complexity index is 572. The molecule has 0 saturated heterocycles. The van der Waals surface area contributed by atoms with E-state index in [0.29, 0.717) is 13.2 Å². The normalized spacial score (nSPS) is 10.1. The van der Waals surface area contributed by atoms with Crippen molar-refractivity contribution in [3.05, 3.63) is 54.6 Å². The molecular formula is C18H19NO2. The van der Waals surface area contributed by atoms with Crippen molar-refractivity contribution in [2.24, 2.45) is 0 Å². The maximum absolute atomic E-state index is 5.72. The maximum Gasteiger partial charge on any atom is 0.127 e. The van der Waals surface area contributed by atoms with Crippen molar-refractivity contribution in [3.8, 4) is 29.6 Å². The van der Waals surface area contributed by atoms with Gasteiger partial charge in [-0.2, -0.15) is 0 Å². The van der Waals surface area contributed by atoms with Crippen LogP contribution in [0.5, 0.6) is 17.2 Å². The van der Waals surface area contributed by atoms with Gasteiger partial charge in [0.1, 0.15) is 23.9 Å². The lowest BCUT2D eigenvalue weighted by atomic mass is 10.3. The van der Waals surface area contributed by atoms with Gasteiger partial charge < -0.3 is 9.47 Å². The van der Waals surface area contributed by atoms with E-state index in [-0.39, 0.29) is 0 Å². The highest BCUT2D eigenvalue weighted by molar-refractivity contribution is 5.35. The van der Waals surface area contributed by atoms with Crippen molar-refractivity contribution in [1.82, 2.24) is 4.90 Å². The van der Waals surface area contributed by atoms with E-state index in [1.54, 1.807) is 0 Å². The molecule has 3 heteroatoms. The van der Waals surface area contributed by atoms with Crippen molar-refractivity contribution in [2.45, 2.75) is 0 Å². The Labute approximate surface area is 126 Å². The van der Waals surface area contributed by atoms with E-state index < -0.39 is 0 Å². The van der Waals surface area contributed by atoms with Crippen LogP contribution in [-0.4, -0.2) is 31.6 Å². The molecule has 3 nitrogen and oxygen atoms in total. The summed E-state index contributed by atoms with van der Waals surface area (Å²) < 4.78 is 11.4. The van der Waals surface area contributed by atoms with Crippen molar-refractivity contribution in [1.29, 1.82) is 0 Å². The van der Waals surface area contributed by atoms with Gasteiger partial charge in [0, 0.05) is 6.54 Å². The second-order valence-electron chi connectivity index (χ2n) is 4.68. The predicted molar refractivity (Wildman–Crippen MR) is 84.8 cm³/mol. The summed E-state index contributed by atoms with van der Waals surface area (Å²) in [7, 11) is 1.97. The van der Waals surface area contributed by atoms with Crippen LogP contribution in [0, 0.1) is 12.3 Å². The summed E-state index contributed by atoms with van der Waals surface area (Å²) in [6.45, 7) is 2.04. The van der Waals surface area contributed by atoms with E-state index in [1.165, 1.54) is 0 Å². The summed E-state index contributed by atoms with van der Waals surface area (Å²) in [5, 5.41) is 0. The zero-order valence-corrected chi connectivity index (χ0v) is 12.2. The largest absolute Gasteiger partial charge is 0.492 e. The molecule has 0 N–H and O–H groups in total. The fourth-order valence-corrected chi connectivity index (χ4v) is 1.78. The minimum absolute atomic E-state index is 0.608. The van der Waals surface area contributed by atoms with Crippen LogP contribution in [0.4, 0.5) is 0 Å². The Balaban J connectivity index is 1.81. The Morgan fingerprint density at radius 2 is 1.57 bits per heavy atom. The van der Waals surface area contributed by atoms with Gasteiger partial charge in [0.2, 0.25) is 0 Å². The van der Waals surface area contributed by atoms with E-state index >= 15 is 0 Å². The Kier molecular flexibility index (Phi) is 5.69. The lowest BCUT2D eigenvalue weighted by Gasteiger charge is -2.14. The van der Waals surface area contributed by atoms with Gasteiger partial charge in [-0.3, -0.25) is 4.90 Å². The molecular weight excluding hydrogens is 262 g/mol. The number of para-hydroxylation sites is 1. The number of hydrogen-bond acceptors (Lipinski definition) is 3. The van der Waals surface area contributed by atoms with E-state index in [0.717, 1.165) is 23.8 Å². The zero-order chi connectivity index (χ0) is 14.9. The molecule has 108 valence electrons. The van der Waals surface area contributed by atoms with Crippen LogP contribution in [0.1, 0.15) is 0 Å². The molecule has 0 fully saturated rings. The average molecular weight is 281 g/mol. The van der Waals surface area contributed by atoms with Crippen molar-refractivity contribution in [2.75, 3.05) is 26.7 Å². The molecule has 0 aliphatic heterocycles. The van der Waals surface area contributed by atoms with Crippen LogP contribution in [0.3, 0.4) is 0 Å². The fraction of sp³-hybridized carbons (Fsp3) is 0.222. The van der Waals surface area contributed by atoms with E-state index in [9.17, 15) is 0 Å². The molecule has 2 rings (SSSR count). The highest BCUT2D eigenvalue weighted by atomic mass is 16.5. The molecule has 0 atom stereocenters. The molecule has 2 aromatic rings. The molecule has 0 bridgehead atoms. The number of likely N-dealkylation sites (N-methyl/N-ethyl adjacent to an activating group) is 1. The first kappa shape index (κ1) is 15.0. The topological polar surface area (TPSA) is 21.7 Å². The van der Waals surface area contributed by atoms with Gasteiger partial charge in [-0.1, -0.05) is 24.1 Å². The van der Waals surface area contributed by atoms with Gasteiger partial charge in [0.25, 0.3) is 0 Å². The van der Waals surface area contributed by atoms with Crippen molar-refractivity contribution in [3.63, 3.8) is 0 Å². The standard InChI is InChI=1S/C18H19NO2/c1-3-13-19(2)14-15-20-16-9-11-18(12-10-16)21-17-7-5-4-6-8-17/h1,4-12H,13-15H2,2H3. The molecule has 0 spiro atoms. The van der Waals surface area contributed by atoms with Crippen LogP contribution in [0.25, 0.3) is 0 Å². The summed E-state index contributed by atoms with van der Waals surface area (Å²) in [6.07, 6.45) is 5.25.